The van der Waals surface area contributed by atoms with Crippen molar-refractivity contribution < 1.29 is 23.9 Å². The summed E-state index contributed by atoms with van der Waals surface area (Å²) in [6.07, 6.45) is 4.70. The summed E-state index contributed by atoms with van der Waals surface area (Å²) >= 11 is 0. The number of nitrogens with zero attached hydrogens (tertiary/aromatic N) is 2. The first-order chi connectivity index (χ1) is 15.5. The van der Waals surface area contributed by atoms with Gasteiger partial charge in [0.15, 0.2) is 11.5 Å². The highest BCUT2D eigenvalue weighted by Crippen LogP contribution is 2.31. The highest BCUT2D eigenvalue weighted by Gasteiger charge is 2.34. The van der Waals surface area contributed by atoms with E-state index in [1.807, 2.05) is 23.1 Å². The molecule has 4 amide bonds. The van der Waals surface area contributed by atoms with Crippen molar-refractivity contribution in [2.75, 3.05) is 32.8 Å². The van der Waals surface area contributed by atoms with Gasteiger partial charge in [-0.25, -0.2) is 4.79 Å². The number of amides is 4. The first-order valence-electron chi connectivity index (χ1n) is 11.5. The van der Waals surface area contributed by atoms with E-state index in [4.69, 9.17) is 9.47 Å². The van der Waals surface area contributed by atoms with Crippen molar-refractivity contribution in [2.45, 2.75) is 57.2 Å². The minimum absolute atomic E-state index is 0.108. The predicted octanol–water partition coefficient (Wildman–Crippen LogP) is 1.52. The van der Waals surface area contributed by atoms with E-state index in [1.165, 1.54) is 6.42 Å². The van der Waals surface area contributed by atoms with Crippen molar-refractivity contribution >= 4 is 17.8 Å². The highest BCUT2D eigenvalue weighted by molar-refractivity contribution is 5.96. The van der Waals surface area contributed by atoms with Crippen LogP contribution in [-0.4, -0.2) is 78.6 Å². The lowest BCUT2D eigenvalue weighted by molar-refractivity contribution is -0.143. The van der Waals surface area contributed by atoms with Crippen LogP contribution in [0.15, 0.2) is 24.3 Å². The van der Waals surface area contributed by atoms with Gasteiger partial charge in [-0.3, -0.25) is 19.8 Å². The van der Waals surface area contributed by atoms with E-state index in [2.05, 4.69) is 10.6 Å². The van der Waals surface area contributed by atoms with Crippen LogP contribution in [0.1, 0.15) is 39.0 Å². The van der Waals surface area contributed by atoms with E-state index in [0.29, 0.717) is 37.7 Å². The normalized spacial score (nSPS) is 22.7. The van der Waals surface area contributed by atoms with Crippen LogP contribution in [-0.2, 0) is 9.59 Å². The summed E-state index contributed by atoms with van der Waals surface area (Å²) in [6.45, 7) is 4.06. The highest BCUT2D eigenvalue weighted by atomic mass is 16.6. The monoisotopic (exact) mass is 444 g/mol. The van der Waals surface area contributed by atoms with E-state index in [-0.39, 0.29) is 24.5 Å². The van der Waals surface area contributed by atoms with E-state index in [0.717, 1.165) is 25.7 Å². The maximum atomic E-state index is 12.9. The topological polar surface area (TPSA) is 100 Å². The summed E-state index contributed by atoms with van der Waals surface area (Å²) in [5, 5.41) is 5.38. The first kappa shape index (κ1) is 22.4. The number of urea groups is 1. The molecule has 0 bridgehead atoms. The van der Waals surface area contributed by atoms with Crippen molar-refractivity contribution in [2.24, 2.45) is 0 Å². The van der Waals surface area contributed by atoms with Gasteiger partial charge < -0.3 is 19.7 Å². The molecule has 0 spiro atoms. The van der Waals surface area contributed by atoms with Gasteiger partial charge in [-0.2, -0.15) is 0 Å². The van der Waals surface area contributed by atoms with Crippen LogP contribution in [0, 0.1) is 0 Å². The fourth-order valence-electron chi connectivity index (χ4n) is 4.53. The fourth-order valence-corrected chi connectivity index (χ4v) is 4.53. The molecule has 9 heteroatoms. The molecule has 2 fully saturated rings. The number of carbonyl (C=O) groups excluding carboxylic acids is 3. The molecule has 2 heterocycles. The van der Waals surface area contributed by atoms with Gasteiger partial charge in [0, 0.05) is 32.2 Å². The zero-order valence-electron chi connectivity index (χ0n) is 18.5. The number of hydrogen-bond donors (Lipinski definition) is 2. The van der Waals surface area contributed by atoms with Crippen LogP contribution in [0.25, 0.3) is 0 Å². The molecule has 0 radical (unpaired) electrons. The van der Waals surface area contributed by atoms with Crippen LogP contribution >= 0.6 is 0 Å². The average molecular weight is 445 g/mol. The second-order valence-electron chi connectivity index (χ2n) is 8.70. The number of piperazine rings is 1. The average Bonchev–Trinajstić information content (AvgIpc) is 2.83. The molecular formula is C23H32N4O5. The lowest BCUT2D eigenvalue weighted by atomic mass is 9.96. The standard InChI is InChI=1S/C23H32N4O5/c1-16(21(28)25-23(30)24-17-7-3-2-4-8-17)26-11-13-27(14-12-26)22(29)20-15-31-18-9-5-6-10-19(18)32-20/h5-6,9-10,16-17,20H,2-4,7-8,11-15H2,1H3,(H2,24,25,28,30)/t16-,20+/m1/s1. The Morgan fingerprint density at radius 1 is 1.00 bits per heavy atom. The molecule has 1 saturated carbocycles. The van der Waals surface area contributed by atoms with Gasteiger partial charge in [0.05, 0.1) is 6.04 Å². The smallest absolute Gasteiger partial charge is 0.321 e. The minimum Gasteiger partial charge on any atom is -0.485 e. The predicted molar refractivity (Wildman–Crippen MR) is 118 cm³/mol. The van der Waals surface area contributed by atoms with Gasteiger partial charge in [-0.15, -0.1) is 0 Å². The Morgan fingerprint density at radius 3 is 2.41 bits per heavy atom. The molecule has 9 nitrogen and oxygen atoms in total. The third kappa shape index (κ3) is 5.32. The molecular weight excluding hydrogens is 412 g/mol. The molecule has 4 rings (SSSR count). The molecule has 174 valence electrons. The van der Waals surface area contributed by atoms with E-state index in [1.54, 1.807) is 17.9 Å². The number of hydrogen-bond acceptors (Lipinski definition) is 6. The van der Waals surface area contributed by atoms with Crippen LogP contribution in [0.4, 0.5) is 4.79 Å². The lowest BCUT2D eigenvalue weighted by Crippen LogP contribution is -2.58. The molecule has 1 aliphatic carbocycles. The summed E-state index contributed by atoms with van der Waals surface area (Å²) in [5.41, 5.74) is 0. The molecule has 1 aromatic carbocycles. The second-order valence-corrected chi connectivity index (χ2v) is 8.70. The summed E-state index contributed by atoms with van der Waals surface area (Å²) < 4.78 is 11.5. The van der Waals surface area contributed by atoms with Crippen LogP contribution in [0.5, 0.6) is 11.5 Å². The Bertz CT molecular complexity index is 833. The van der Waals surface area contributed by atoms with Crippen LogP contribution < -0.4 is 20.1 Å². The summed E-state index contributed by atoms with van der Waals surface area (Å²) in [6, 6.07) is 6.59. The zero-order chi connectivity index (χ0) is 22.5. The second kappa shape index (κ2) is 10.2. The Kier molecular flexibility index (Phi) is 7.14. The number of para-hydroxylation sites is 2. The summed E-state index contributed by atoms with van der Waals surface area (Å²) in [5.74, 6) is 0.795. The molecule has 32 heavy (non-hydrogen) atoms. The van der Waals surface area contributed by atoms with Crippen molar-refractivity contribution in [3.63, 3.8) is 0 Å². The SMILES string of the molecule is C[C@H](C(=O)NC(=O)NC1CCCCC1)N1CCN(C(=O)[C@@H]2COc3ccccc3O2)CC1. The number of nitrogens with one attached hydrogen (secondary N) is 2. The molecule has 0 unspecified atom stereocenters. The molecule has 2 atom stereocenters. The molecule has 3 aliphatic rings. The van der Waals surface area contributed by atoms with Crippen LogP contribution in [0.2, 0.25) is 0 Å². The fraction of sp³-hybridized carbons (Fsp3) is 0.609. The molecule has 1 saturated heterocycles. The lowest BCUT2D eigenvalue weighted by Gasteiger charge is -2.39. The number of imide groups is 1. The maximum absolute atomic E-state index is 12.9. The first-order valence-corrected chi connectivity index (χ1v) is 11.5. The largest absolute Gasteiger partial charge is 0.485 e. The van der Waals surface area contributed by atoms with Crippen molar-refractivity contribution in [3.05, 3.63) is 24.3 Å². The number of ether oxygens (including phenoxy) is 2. The van der Waals surface area contributed by atoms with Gasteiger partial charge >= 0.3 is 6.03 Å². The number of fused-ring (bicyclic) bond motifs is 1. The van der Waals surface area contributed by atoms with Gasteiger partial charge in [0.2, 0.25) is 12.0 Å². The van der Waals surface area contributed by atoms with Crippen LogP contribution in [0.3, 0.4) is 0 Å². The van der Waals surface area contributed by atoms with E-state index in [9.17, 15) is 14.4 Å². The Balaban J connectivity index is 1.22. The number of carbonyl (C=O) groups is 3. The summed E-state index contributed by atoms with van der Waals surface area (Å²) in [4.78, 5) is 41.3. The van der Waals surface area contributed by atoms with Crippen molar-refractivity contribution in [3.8, 4) is 11.5 Å². The third-order valence-corrected chi connectivity index (χ3v) is 6.51. The maximum Gasteiger partial charge on any atom is 0.321 e. The molecule has 2 N–H and O–H groups in total. The minimum atomic E-state index is -0.666. The molecule has 2 aliphatic heterocycles. The Labute approximate surface area is 188 Å². The van der Waals surface area contributed by atoms with E-state index >= 15 is 0 Å². The molecule has 1 aromatic rings. The third-order valence-electron chi connectivity index (χ3n) is 6.51. The van der Waals surface area contributed by atoms with Gasteiger partial charge in [0.1, 0.15) is 6.61 Å². The van der Waals surface area contributed by atoms with Gasteiger partial charge in [-0.05, 0) is 31.9 Å². The van der Waals surface area contributed by atoms with Gasteiger partial charge in [0.25, 0.3) is 5.91 Å². The Morgan fingerprint density at radius 2 is 1.69 bits per heavy atom. The molecule has 0 aromatic heterocycles. The number of benzene rings is 1. The number of rotatable bonds is 4. The quantitative estimate of drug-likeness (QED) is 0.730. The van der Waals surface area contributed by atoms with Gasteiger partial charge in [-0.1, -0.05) is 31.4 Å². The summed E-state index contributed by atoms with van der Waals surface area (Å²) in [7, 11) is 0. The van der Waals surface area contributed by atoms with Crippen molar-refractivity contribution in [1.82, 2.24) is 20.4 Å². The van der Waals surface area contributed by atoms with E-state index < -0.39 is 18.2 Å². The van der Waals surface area contributed by atoms with Crippen molar-refractivity contribution in [1.29, 1.82) is 0 Å². The zero-order valence-corrected chi connectivity index (χ0v) is 18.5. The Hall–Kier alpha value is -2.81.